The minimum atomic E-state index is -0.726. The predicted octanol–water partition coefficient (Wildman–Crippen LogP) is 4.92. The van der Waals surface area contributed by atoms with Gasteiger partial charge in [-0.25, -0.2) is 0 Å². The van der Waals surface area contributed by atoms with Crippen LogP contribution in [0.3, 0.4) is 0 Å². The summed E-state index contributed by atoms with van der Waals surface area (Å²) < 4.78 is -0.726. The van der Waals surface area contributed by atoms with E-state index in [1.54, 1.807) is 0 Å². The molecule has 0 heterocycles. The van der Waals surface area contributed by atoms with Crippen LogP contribution in [0, 0.1) is 0 Å². The molecule has 92 valence electrons. The van der Waals surface area contributed by atoms with Crippen molar-refractivity contribution < 1.29 is 0 Å². The molecule has 0 spiro atoms. The number of halogens is 2. The second kappa shape index (κ2) is 4.01. The zero-order valence-electron chi connectivity index (χ0n) is 10.1. The summed E-state index contributed by atoms with van der Waals surface area (Å²) in [5, 5.41) is 0. The van der Waals surface area contributed by atoms with Crippen LogP contribution in [0.1, 0.15) is 24.0 Å². The van der Waals surface area contributed by atoms with Gasteiger partial charge in [-0.15, -0.1) is 0 Å². The minimum absolute atomic E-state index is 0.150. The summed E-state index contributed by atoms with van der Waals surface area (Å²) in [5.74, 6) is 0.150. The van der Waals surface area contributed by atoms with E-state index in [4.69, 9.17) is 23.2 Å². The smallest absolute Gasteiger partial charge is 0.0999 e. The Bertz CT molecular complexity index is 548. The molecule has 0 aromatic heterocycles. The maximum Gasteiger partial charge on any atom is 0.136 e. The maximum atomic E-state index is 6.55. The van der Waals surface area contributed by atoms with Crippen molar-refractivity contribution in [3.63, 3.8) is 0 Å². The van der Waals surface area contributed by atoms with Crippen LogP contribution >= 0.6 is 23.2 Å². The topological polar surface area (TPSA) is 0 Å². The van der Waals surface area contributed by atoms with Gasteiger partial charge in [-0.3, -0.25) is 0 Å². The number of hydrogen-bond acceptors (Lipinski definition) is 0. The van der Waals surface area contributed by atoms with Crippen LogP contribution in [-0.4, -0.2) is 4.33 Å². The summed E-state index contributed by atoms with van der Waals surface area (Å²) in [5.41, 5.74) is 2.19. The molecule has 1 aliphatic rings. The first-order chi connectivity index (χ1) is 8.58. The van der Waals surface area contributed by atoms with Crippen LogP contribution in [0.25, 0.3) is 0 Å². The third-order valence-corrected chi connectivity index (χ3v) is 5.28. The largest absolute Gasteiger partial charge is 0.136 e. The van der Waals surface area contributed by atoms with Gasteiger partial charge in [0.2, 0.25) is 0 Å². The molecule has 18 heavy (non-hydrogen) atoms. The van der Waals surface area contributed by atoms with Crippen molar-refractivity contribution in [3.8, 4) is 0 Å². The van der Waals surface area contributed by atoms with E-state index in [0.717, 1.165) is 0 Å². The van der Waals surface area contributed by atoms with E-state index in [1.165, 1.54) is 11.1 Å². The summed E-state index contributed by atoms with van der Waals surface area (Å²) in [7, 11) is 0. The normalized spacial score (nSPS) is 28.9. The fourth-order valence-electron chi connectivity index (χ4n) is 2.86. The zero-order valence-corrected chi connectivity index (χ0v) is 11.6. The van der Waals surface area contributed by atoms with Gasteiger partial charge in [0.1, 0.15) is 4.33 Å². The van der Waals surface area contributed by atoms with Crippen LogP contribution in [-0.2, 0) is 5.41 Å². The molecule has 0 nitrogen and oxygen atoms in total. The van der Waals surface area contributed by atoms with Crippen molar-refractivity contribution in [2.75, 3.05) is 0 Å². The summed E-state index contributed by atoms with van der Waals surface area (Å²) in [6.07, 6.45) is 0. The number of hydrogen-bond donors (Lipinski definition) is 0. The average Bonchev–Trinajstić information content (AvgIpc) is 2.87. The van der Waals surface area contributed by atoms with E-state index in [1.807, 2.05) is 36.4 Å². The first-order valence-corrected chi connectivity index (χ1v) is 6.82. The predicted molar refractivity (Wildman–Crippen MR) is 77.4 cm³/mol. The quantitative estimate of drug-likeness (QED) is 0.684. The molecular formula is C16H14Cl2. The van der Waals surface area contributed by atoms with Crippen molar-refractivity contribution in [2.24, 2.45) is 0 Å². The average molecular weight is 277 g/mol. The molecule has 2 aromatic carbocycles. The van der Waals surface area contributed by atoms with E-state index in [-0.39, 0.29) is 11.3 Å². The fourth-order valence-corrected chi connectivity index (χ4v) is 3.88. The fraction of sp³-hybridized carbons (Fsp3) is 0.250. The highest BCUT2D eigenvalue weighted by Gasteiger charge is 2.74. The molecule has 0 amide bonds. The standard InChI is InChI=1S/C16H14Cl2/c1-15(13-10-6-3-7-11-13)14(16(15,17)18)12-8-4-2-5-9-12/h2-11,14H,1H3/t14-,15-/m1/s1. The highest BCUT2D eigenvalue weighted by Crippen LogP contribution is 2.74. The second-order valence-corrected chi connectivity index (χ2v) is 6.42. The van der Waals surface area contributed by atoms with Crippen LogP contribution < -0.4 is 0 Å². The summed E-state index contributed by atoms with van der Waals surface area (Å²) in [6.45, 7) is 2.14. The molecule has 0 aliphatic heterocycles. The molecule has 0 bridgehead atoms. The van der Waals surface area contributed by atoms with Crippen molar-refractivity contribution in [1.29, 1.82) is 0 Å². The Balaban J connectivity index is 2.05. The molecule has 0 radical (unpaired) electrons. The Labute approximate surface area is 118 Å². The van der Waals surface area contributed by atoms with E-state index in [9.17, 15) is 0 Å². The third-order valence-electron chi connectivity index (χ3n) is 4.06. The molecule has 1 saturated carbocycles. The maximum absolute atomic E-state index is 6.55. The lowest BCUT2D eigenvalue weighted by Crippen LogP contribution is -2.09. The number of benzene rings is 2. The summed E-state index contributed by atoms with van der Waals surface area (Å²) >= 11 is 13.1. The molecule has 2 heteroatoms. The van der Waals surface area contributed by atoms with E-state index in [2.05, 4.69) is 31.2 Å². The van der Waals surface area contributed by atoms with Gasteiger partial charge in [-0.1, -0.05) is 90.8 Å². The van der Waals surface area contributed by atoms with Gasteiger partial charge in [0, 0.05) is 11.3 Å². The molecule has 2 aromatic rings. The zero-order chi connectivity index (χ0) is 12.8. The molecule has 0 saturated heterocycles. The third kappa shape index (κ3) is 1.52. The molecule has 3 rings (SSSR count). The van der Waals surface area contributed by atoms with Gasteiger partial charge in [0.05, 0.1) is 0 Å². The Hall–Kier alpha value is -0.980. The molecule has 1 fully saturated rings. The van der Waals surface area contributed by atoms with Gasteiger partial charge >= 0.3 is 0 Å². The summed E-state index contributed by atoms with van der Waals surface area (Å²) in [6, 6.07) is 20.5. The molecule has 1 aliphatic carbocycles. The second-order valence-electron chi connectivity index (χ2n) is 5.04. The number of rotatable bonds is 2. The van der Waals surface area contributed by atoms with Crippen LogP contribution in [0.5, 0.6) is 0 Å². The Kier molecular flexibility index (Phi) is 2.69. The Morgan fingerprint density at radius 3 is 1.89 bits per heavy atom. The summed E-state index contributed by atoms with van der Waals surface area (Å²) in [4.78, 5) is 0. The van der Waals surface area contributed by atoms with E-state index >= 15 is 0 Å². The van der Waals surface area contributed by atoms with Gasteiger partial charge in [0.25, 0.3) is 0 Å². The first kappa shape index (κ1) is 12.1. The van der Waals surface area contributed by atoms with E-state index < -0.39 is 4.33 Å². The Morgan fingerprint density at radius 2 is 1.33 bits per heavy atom. The van der Waals surface area contributed by atoms with Crippen molar-refractivity contribution in [3.05, 3.63) is 71.8 Å². The highest BCUT2D eigenvalue weighted by atomic mass is 35.5. The molecule has 2 atom stereocenters. The van der Waals surface area contributed by atoms with Gasteiger partial charge in [-0.2, -0.15) is 0 Å². The minimum Gasteiger partial charge on any atom is -0.0999 e. The van der Waals surface area contributed by atoms with Crippen molar-refractivity contribution in [2.45, 2.75) is 22.6 Å². The number of alkyl halides is 2. The lowest BCUT2D eigenvalue weighted by atomic mass is 9.93. The van der Waals surface area contributed by atoms with Crippen molar-refractivity contribution >= 4 is 23.2 Å². The first-order valence-electron chi connectivity index (χ1n) is 6.07. The highest BCUT2D eigenvalue weighted by molar-refractivity contribution is 6.53. The molecule has 0 unspecified atom stereocenters. The molecule has 0 N–H and O–H groups in total. The van der Waals surface area contributed by atoms with Gasteiger partial charge in [-0.05, 0) is 11.1 Å². The van der Waals surface area contributed by atoms with Crippen LogP contribution in [0.2, 0.25) is 0 Å². The van der Waals surface area contributed by atoms with Gasteiger partial charge < -0.3 is 0 Å². The SMILES string of the molecule is C[C@@]1(c2ccccc2)[C@@H](c2ccccc2)C1(Cl)Cl. The lowest BCUT2D eigenvalue weighted by Gasteiger charge is -2.12. The monoisotopic (exact) mass is 276 g/mol. The lowest BCUT2D eigenvalue weighted by molar-refractivity contribution is 0.742. The Morgan fingerprint density at radius 1 is 0.833 bits per heavy atom. The van der Waals surface area contributed by atoms with Crippen LogP contribution in [0.15, 0.2) is 60.7 Å². The molecular weight excluding hydrogens is 263 g/mol. The van der Waals surface area contributed by atoms with Gasteiger partial charge in [0.15, 0.2) is 0 Å². The van der Waals surface area contributed by atoms with Crippen LogP contribution in [0.4, 0.5) is 0 Å². The van der Waals surface area contributed by atoms with E-state index in [0.29, 0.717) is 0 Å². The van der Waals surface area contributed by atoms with Crippen molar-refractivity contribution in [1.82, 2.24) is 0 Å².